The summed E-state index contributed by atoms with van der Waals surface area (Å²) in [4.78, 5) is 10.0. The molecule has 0 N–H and O–H groups in total. The highest BCUT2D eigenvalue weighted by Crippen LogP contribution is 2.30. The van der Waals surface area contributed by atoms with Gasteiger partial charge in [-0.05, 0) is 52.4 Å². The van der Waals surface area contributed by atoms with Gasteiger partial charge in [-0.3, -0.25) is 4.90 Å². The van der Waals surface area contributed by atoms with Crippen molar-refractivity contribution in [2.75, 3.05) is 32.7 Å². The van der Waals surface area contributed by atoms with Crippen LogP contribution in [0.2, 0.25) is 0 Å². The number of aromatic nitrogens is 2. The molecule has 1 atom stereocenters. The summed E-state index contributed by atoms with van der Waals surface area (Å²) in [7, 11) is 2.14. The van der Waals surface area contributed by atoms with Gasteiger partial charge in [0.2, 0.25) is 0 Å². The predicted molar refractivity (Wildman–Crippen MR) is 82.0 cm³/mol. The maximum atomic E-state index is 4.73. The largest absolute Gasteiger partial charge is 0.337 e. The Hall–Kier alpha value is -0.870. The summed E-state index contributed by atoms with van der Waals surface area (Å²) < 4.78 is 2.23. The predicted octanol–water partition coefficient (Wildman–Crippen LogP) is 2.00. The normalized spacial score (nSPS) is 26.4. The molecule has 0 aliphatic carbocycles. The molecule has 112 valence electrons. The Morgan fingerprint density at radius 2 is 1.95 bits per heavy atom. The minimum absolute atomic E-state index is 0.637. The fourth-order valence-corrected chi connectivity index (χ4v) is 3.94. The molecule has 1 aromatic rings. The summed E-state index contributed by atoms with van der Waals surface area (Å²) >= 11 is 0. The van der Waals surface area contributed by atoms with Gasteiger partial charge in [0.15, 0.2) is 0 Å². The lowest BCUT2D eigenvalue weighted by molar-refractivity contribution is 0.129. The minimum atomic E-state index is 0.637. The van der Waals surface area contributed by atoms with Crippen molar-refractivity contribution in [2.24, 2.45) is 7.05 Å². The Morgan fingerprint density at radius 1 is 1.20 bits per heavy atom. The van der Waals surface area contributed by atoms with Crippen LogP contribution in [0.25, 0.3) is 0 Å². The van der Waals surface area contributed by atoms with Crippen molar-refractivity contribution < 1.29 is 0 Å². The average molecular weight is 276 g/mol. The number of aryl methyl sites for hydroxylation is 2. The van der Waals surface area contributed by atoms with Crippen LogP contribution in [-0.2, 0) is 7.05 Å². The molecule has 4 heteroatoms. The quantitative estimate of drug-likeness (QED) is 0.844. The van der Waals surface area contributed by atoms with Crippen molar-refractivity contribution >= 4 is 0 Å². The average Bonchev–Trinajstić information content (AvgIpc) is 3.05. The monoisotopic (exact) mass is 276 g/mol. The van der Waals surface area contributed by atoms with Crippen LogP contribution < -0.4 is 0 Å². The van der Waals surface area contributed by atoms with E-state index in [2.05, 4.69) is 41.5 Å². The van der Waals surface area contributed by atoms with Crippen molar-refractivity contribution in [3.05, 3.63) is 17.7 Å². The Labute approximate surface area is 122 Å². The van der Waals surface area contributed by atoms with Gasteiger partial charge < -0.3 is 9.47 Å². The van der Waals surface area contributed by atoms with Crippen molar-refractivity contribution in [1.29, 1.82) is 0 Å². The number of imidazole rings is 1. The number of hydrogen-bond acceptors (Lipinski definition) is 3. The third-order valence-corrected chi connectivity index (χ3v) is 5.14. The van der Waals surface area contributed by atoms with E-state index in [1.807, 2.05) is 0 Å². The first-order valence-electron chi connectivity index (χ1n) is 8.13. The number of piperidine rings is 1. The second-order valence-electron chi connectivity index (χ2n) is 6.50. The van der Waals surface area contributed by atoms with Gasteiger partial charge in [0.1, 0.15) is 5.82 Å². The van der Waals surface area contributed by atoms with Gasteiger partial charge >= 0.3 is 0 Å². The molecule has 3 rings (SSSR count). The van der Waals surface area contributed by atoms with E-state index in [0.29, 0.717) is 5.92 Å². The van der Waals surface area contributed by atoms with Gasteiger partial charge in [0, 0.05) is 31.7 Å². The van der Waals surface area contributed by atoms with Crippen LogP contribution in [0.1, 0.15) is 43.6 Å². The molecular formula is C16H28N4. The number of likely N-dealkylation sites (tertiary alicyclic amines) is 2. The molecule has 4 nitrogen and oxygen atoms in total. The molecule has 0 saturated carbocycles. The van der Waals surface area contributed by atoms with Crippen LogP contribution in [0.4, 0.5) is 0 Å². The van der Waals surface area contributed by atoms with Gasteiger partial charge in [-0.25, -0.2) is 4.98 Å². The Balaban J connectivity index is 1.58. The second kappa shape index (κ2) is 5.86. The van der Waals surface area contributed by atoms with E-state index < -0.39 is 0 Å². The highest BCUT2D eigenvalue weighted by molar-refractivity contribution is 5.09. The highest BCUT2D eigenvalue weighted by Gasteiger charge is 2.32. The summed E-state index contributed by atoms with van der Waals surface area (Å²) in [5.74, 6) is 1.92. The number of rotatable bonds is 3. The van der Waals surface area contributed by atoms with Crippen LogP contribution in [0.5, 0.6) is 0 Å². The van der Waals surface area contributed by atoms with Crippen LogP contribution in [-0.4, -0.2) is 58.1 Å². The van der Waals surface area contributed by atoms with Gasteiger partial charge in [0.05, 0.1) is 5.69 Å². The van der Waals surface area contributed by atoms with E-state index in [1.165, 1.54) is 57.8 Å². The van der Waals surface area contributed by atoms with Crippen molar-refractivity contribution in [3.8, 4) is 0 Å². The standard InChI is InChI=1S/C16H28N4/c1-4-19-8-6-15(7-9-19)20-10-5-14(12-20)16-17-13(2)11-18(16)3/h11,14-15H,4-10,12H2,1-3H3. The third-order valence-electron chi connectivity index (χ3n) is 5.14. The van der Waals surface area contributed by atoms with Crippen molar-refractivity contribution in [2.45, 2.75) is 45.1 Å². The first kappa shape index (κ1) is 14.1. The zero-order chi connectivity index (χ0) is 14.1. The van der Waals surface area contributed by atoms with E-state index in [-0.39, 0.29) is 0 Å². The third kappa shape index (κ3) is 2.77. The molecule has 1 unspecified atom stereocenters. The van der Waals surface area contributed by atoms with E-state index in [0.717, 1.165) is 11.7 Å². The molecule has 0 aromatic carbocycles. The fourth-order valence-electron chi connectivity index (χ4n) is 3.94. The smallest absolute Gasteiger partial charge is 0.113 e. The first-order valence-corrected chi connectivity index (χ1v) is 8.13. The number of hydrogen-bond donors (Lipinski definition) is 0. The van der Waals surface area contributed by atoms with E-state index in [1.54, 1.807) is 0 Å². The van der Waals surface area contributed by atoms with Crippen LogP contribution in [0, 0.1) is 6.92 Å². The fraction of sp³-hybridized carbons (Fsp3) is 0.812. The molecule has 2 aliphatic rings. The Morgan fingerprint density at radius 3 is 2.55 bits per heavy atom. The maximum Gasteiger partial charge on any atom is 0.113 e. The van der Waals surface area contributed by atoms with Crippen LogP contribution >= 0.6 is 0 Å². The zero-order valence-corrected chi connectivity index (χ0v) is 13.2. The van der Waals surface area contributed by atoms with E-state index >= 15 is 0 Å². The van der Waals surface area contributed by atoms with E-state index in [4.69, 9.17) is 4.98 Å². The van der Waals surface area contributed by atoms with Crippen molar-refractivity contribution in [3.63, 3.8) is 0 Å². The molecular weight excluding hydrogens is 248 g/mol. The van der Waals surface area contributed by atoms with Gasteiger partial charge in [-0.1, -0.05) is 6.92 Å². The first-order chi connectivity index (χ1) is 9.67. The lowest BCUT2D eigenvalue weighted by atomic mass is 10.0. The Kier molecular flexibility index (Phi) is 4.13. The van der Waals surface area contributed by atoms with Gasteiger partial charge in [-0.2, -0.15) is 0 Å². The summed E-state index contributed by atoms with van der Waals surface area (Å²) in [6.07, 6.45) is 6.12. The van der Waals surface area contributed by atoms with Crippen LogP contribution in [0.3, 0.4) is 0 Å². The van der Waals surface area contributed by atoms with Crippen molar-refractivity contribution in [1.82, 2.24) is 19.4 Å². The van der Waals surface area contributed by atoms with Gasteiger partial charge in [0.25, 0.3) is 0 Å². The molecule has 0 amide bonds. The molecule has 2 aliphatic heterocycles. The summed E-state index contributed by atoms with van der Waals surface area (Å²) in [5, 5.41) is 0. The maximum absolute atomic E-state index is 4.73. The summed E-state index contributed by atoms with van der Waals surface area (Å²) in [6.45, 7) is 10.6. The molecule has 2 fully saturated rings. The lowest BCUT2D eigenvalue weighted by Gasteiger charge is -2.36. The lowest BCUT2D eigenvalue weighted by Crippen LogP contribution is -2.43. The van der Waals surface area contributed by atoms with Crippen LogP contribution in [0.15, 0.2) is 6.20 Å². The molecule has 0 spiro atoms. The second-order valence-corrected chi connectivity index (χ2v) is 6.50. The Bertz CT molecular complexity index is 445. The minimum Gasteiger partial charge on any atom is -0.337 e. The summed E-state index contributed by atoms with van der Waals surface area (Å²) in [5.41, 5.74) is 1.15. The number of nitrogens with zero attached hydrogens (tertiary/aromatic N) is 4. The molecule has 2 saturated heterocycles. The molecule has 0 bridgehead atoms. The molecule has 20 heavy (non-hydrogen) atoms. The highest BCUT2D eigenvalue weighted by atomic mass is 15.2. The molecule has 3 heterocycles. The van der Waals surface area contributed by atoms with E-state index in [9.17, 15) is 0 Å². The molecule has 1 aromatic heterocycles. The zero-order valence-electron chi connectivity index (χ0n) is 13.2. The topological polar surface area (TPSA) is 24.3 Å². The SMILES string of the molecule is CCN1CCC(N2CCC(c3nc(C)cn3C)C2)CC1. The molecule has 0 radical (unpaired) electrons. The van der Waals surface area contributed by atoms with Gasteiger partial charge in [-0.15, -0.1) is 0 Å². The summed E-state index contributed by atoms with van der Waals surface area (Å²) in [6, 6.07) is 0.809.